The number of tetrazole rings is 1. The van der Waals surface area contributed by atoms with Gasteiger partial charge < -0.3 is 10.4 Å². The van der Waals surface area contributed by atoms with Crippen molar-refractivity contribution >= 4 is 0 Å². The van der Waals surface area contributed by atoms with E-state index in [0.717, 1.165) is 25.3 Å². The number of hydrogen-bond acceptors (Lipinski definition) is 6. The Morgan fingerprint density at radius 2 is 2.09 bits per heavy atom. The van der Waals surface area contributed by atoms with Crippen LogP contribution in [0.4, 0.5) is 0 Å². The summed E-state index contributed by atoms with van der Waals surface area (Å²) in [4.78, 5) is 2.45. The smallest absolute Gasteiger partial charge is 0.165 e. The van der Waals surface area contributed by atoms with E-state index in [1.165, 1.54) is 19.3 Å². The van der Waals surface area contributed by atoms with Gasteiger partial charge in [-0.1, -0.05) is 6.42 Å². The summed E-state index contributed by atoms with van der Waals surface area (Å²) in [6.07, 6.45) is 4.42. The van der Waals surface area contributed by atoms with Gasteiger partial charge in [0.2, 0.25) is 0 Å². The fourth-order valence-corrected chi connectivity index (χ4v) is 3.74. The van der Waals surface area contributed by atoms with Crippen molar-refractivity contribution in [3.8, 4) is 0 Å². The van der Waals surface area contributed by atoms with Crippen LogP contribution in [0.2, 0.25) is 0 Å². The molecule has 0 spiro atoms. The molecule has 1 aromatic heterocycles. The molecule has 1 unspecified atom stereocenters. The normalized spacial score (nSPS) is 30.3. The number of aliphatic hydroxyl groups is 1. The first kappa shape index (κ1) is 15.8. The zero-order valence-electron chi connectivity index (χ0n) is 13.9. The topological polar surface area (TPSA) is 79.1 Å². The Bertz CT molecular complexity index is 496. The molecular weight excluding hydrogens is 280 g/mol. The van der Waals surface area contributed by atoms with Crippen LogP contribution in [0.15, 0.2) is 0 Å². The monoisotopic (exact) mass is 308 g/mol. The Morgan fingerprint density at radius 3 is 2.77 bits per heavy atom. The number of likely N-dealkylation sites (tertiary alicyclic amines) is 1. The van der Waals surface area contributed by atoms with Crippen molar-refractivity contribution in [2.75, 3.05) is 13.1 Å². The van der Waals surface area contributed by atoms with Gasteiger partial charge >= 0.3 is 0 Å². The van der Waals surface area contributed by atoms with Gasteiger partial charge in [0, 0.05) is 25.2 Å². The second-order valence-corrected chi connectivity index (χ2v) is 7.60. The van der Waals surface area contributed by atoms with E-state index in [0.29, 0.717) is 18.6 Å². The van der Waals surface area contributed by atoms with Crippen LogP contribution in [-0.4, -0.2) is 61.5 Å². The van der Waals surface area contributed by atoms with Crippen LogP contribution in [0.5, 0.6) is 0 Å². The summed E-state index contributed by atoms with van der Waals surface area (Å²) in [5.41, 5.74) is -0.103. The highest BCUT2D eigenvalue weighted by Crippen LogP contribution is 2.27. The molecule has 3 atom stereocenters. The first-order chi connectivity index (χ1) is 10.4. The van der Waals surface area contributed by atoms with Crippen LogP contribution in [0.1, 0.15) is 52.3 Å². The van der Waals surface area contributed by atoms with Crippen LogP contribution < -0.4 is 5.32 Å². The Kier molecular flexibility index (Phi) is 4.47. The fourth-order valence-electron chi connectivity index (χ4n) is 3.74. The fraction of sp³-hybridized carbons (Fsp3) is 0.933. The number of aromatic nitrogens is 4. The Hall–Kier alpha value is -1.05. The van der Waals surface area contributed by atoms with Crippen LogP contribution in [0, 0.1) is 0 Å². The molecular formula is C15H28N6O. The third kappa shape index (κ3) is 3.31. The number of nitrogens with one attached hydrogen (secondary N) is 1. The van der Waals surface area contributed by atoms with E-state index in [9.17, 15) is 5.11 Å². The summed E-state index contributed by atoms with van der Waals surface area (Å²) in [7, 11) is 0. The van der Waals surface area contributed by atoms with E-state index in [1.807, 2.05) is 4.68 Å². The molecule has 2 fully saturated rings. The van der Waals surface area contributed by atoms with Crippen LogP contribution in [0.25, 0.3) is 0 Å². The zero-order chi connectivity index (χ0) is 15.7. The highest BCUT2D eigenvalue weighted by atomic mass is 16.3. The van der Waals surface area contributed by atoms with Crippen LogP contribution in [0.3, 0.4) is 0 Å². The number of rotatable bonds is 4. The molecule has 3 rings (SSSR count). The van der Waals surface area contributed by atoms with Crippen LogP contribution >= 0.6 is 0 Å². The summed E-state index contributed by atoms with van der Waals surface area (Å²) < 4.78 is 1.89. The summed E-state index contributed by atoms with van der Waals surface area (Å²) in [5, 5.41) is 25.5. The van der Waals surface area contributed by atoms with Crippen molar-refractivity contribution in [2.45, 2.75) is 76.7 Å². The van der Waals surface area contributed by atoms with Gasteiger partial charge in [0.05, 0.1) is 18.2 Å². The SMILES string of the molecule is CC(C)(C)n1nnnc1CN[C@@H]1CCC[C@@H]1N1CCC(O)C1. The lowest BCUT2D eigenvalue weighted by Gasteiger charge is -2.30. The summed E-state index contributed by atoms with van der Waals surface area (Å²) in [6.45, 7) is 8.86. The lowest BCUT2D eigenvalue weighted by molar-refractivity contribution is 0.149. The third-order valence-corrected chi connectivity index (χ3v) is 4.84. The Labute approximate surface area is 132 Å². The number of hydrogen-bond donors (Lipinski definition) is 2. The first-order valence-corrected chi connectivity index (χ1v) is 8.38. The predicted octanol–water partition coefficient (Wildman–Crippen LogP) is 0.505. The molecule has 1 aliphatic carbocycles. The number of β-amino-alcohol motifs (C(OH)–C–C–N with tert-alkyl or cyclic N) is 1. The molecule has 0 amide bonds. The molecule has 0 bridgehead atoms. The molecule has 7 nitrogen and oxygen atoms in total. The summed E-state index contributed by atoms with van der Waals surface area (Å²) in [5.74, 6) is 0.889. The van der Waals surface area contributed by atoms with E-state index >= 15 is 0 Å². The minimum Gasteiger partial charge on any atom is -0.392 e. The van der Waals surface area contributed by atoms with Gasteiger partial charge in [0.15, 0.2) is 5.82 Å². The largest absolute Gasteiger partial charge is 0.392 e. The minimum atomic E-state index is -0.144. The van der Waals surface area contributed by atoms with Gasteiger partial charge in [0.1, 0.15) is 0 Å². The van der Waals surface area contributed by atoms with E-state index in [4.69, 9.17) is 0 Å². The van der Waals surface area contributed by atoms with Crippen molar-refractivity contribution in [1.82, 2.24) is 30.4 Å². The standard InChI is InChI=1S/C15H28N6O/c1-15(2,3)21-14(17-18-19-21)9-16-12-5-4-6-13(12)20-8-7-11(22)10-20/h11-13,16,22H,4-10H2,1-3H3/t11?,12-,13+/m1/s1. The third-order valence-electron chi connectivity index (χ3n) is 4.84. The maximum Gasteiger partial charge on any atom is 0.165 e. The van der Waals surface area contributed by atoms with E-state index < -0.39 is 0 Å². The minimum absolute atomic E-state index is 0.103. The highest BCUT2D eigenvalue weighted by molar-refractivity contribution is 4.95. The Morgan fingerprint density at radius 1 is 1.27 bits per heavy atom. The molecule has 124 valence electrons. The highest BCUT2D eigenvalue weighted by Gasteiger charge is 2.35. The average molecular weight is 308 g/mol. The van der Waals surface area contributed by atoms with Gasteiger partial charge in [-0.25, -0.2) is 4.68 Å². The number of nitrogens with zero attached hydrogens (tertiary/aromatic N) is 5. The zero-order valence-corrected chi connectivity index (χ0v) is 13.9. The van der Waals surface area contributed by atoms with Crippen molar-refractivity contribution in [1.29, 1.82) is 0 Å². The van der Waals surface area contributed by atoms with Gasteiger partial charge in [-0.15, -0.1) is 5.10 Å². The van der Waals surface area contributed by atoms with Gasteiger partial charge in [-0.3, -0.25) is 4.90 Å². The summed E-state index contributed by atoms with van der Waals surface area (Å²) in [6, 6.07) is 1.01. The predicted molar refractivity (Wildman–Crippen MR) is 83.3 cm³/mol. The van der Waals surface area contributed by atoms with Crippen molar-refractivity contribution in [3.63, 3.8) is 0 Å². The second kappa shape index (κ2) is 6.22. The molecule has 7 heteroatoms. The molecule has 1 saturated carbocycles. The number of aliphatic hydroxyl groups excluding tert-OH is 1. The quantitative estimate of drug-likeness (QED) is 0.843. The van der Waals surface area contributed by atoms with E-state index in [1.54, 1.807) is 0 Å². The summed E-state index contributed by atoms with van der Waals surface area (Å²) >= 11 is 0. The van der Waals surface area contributed by atoms with E-state index in [-0.39, 0.29) is 11.6 Å². The molecule has 0 radical (unpaired) electrons. The maximum absolute atomic E-state index is 9.76. The van der Waals surface area contributed by atoms with Gasteiger partial charge in [-0.2, -0.15) is 0 Å². The van der Waals surface area contributed by atoms with Gasteiger partial charge in [0.25, 0.3) is 0 Å². The van der Waals surface area contributed by atoms with Crippen LogP contribution in [-0.2, 0) is 12.1 Å². The molecule has 1 aromatic rings. The molecule has 2 N–H and O–H groups in total. The molecule has 0 aromatic carbocycles. The average Bonchev–Trinajstić information content (AvgIpc) is 3.14. The first-order valence-electron chi connectivity index (χ1n) is 8.38. The molecule has 22 heavy (non-hydrogen) atoms. The van der Waals surface area contributed by atoms with Crippen molar-refractivity contribution < 1.29 is 5.11 Å². The maximum atomic E-state index is 9.76. The van der Waals surface area contributed by atoms with Gasteiger partial charge in [-0.05, 0) is 50.5 Å². The molecule has 2 aliphatic rings. The lowest BCUT2D eigenvalue weighted by atomic mass is 10.1. The van der Waals surface area contributed by atoms with Crippen molar-refractivity contribution in [3.05, 3.63) is 5.82 Å². The molecule has 1 saturated heterocycles. The Balaban J connectivity index is 1.60. The molecule has 2 heterocycles. The van der Waals surface area contributed by atoms with Crippen molar-refractivity contribution in [2.24, 2.45) is 0 Å². The molecule has 1 aliphatic heterocycles. The second-order valence-electron chi connectivity index (χ2n) is 7.60. The lowest BCUT2D eigenvalue weighted by Crippen LogP contribution is -2.46. The van der Waals surface area contributed by atoms with E-state index in [2.05, 4.69) is 46.5 Å².